The molecule has 21 heavy (non-hydrogen) atoms. The smallest absolute Gasteiger partial charge is 0.224 e. The van der Waals surface area contributed by atoms with Crippen LogP contribution in [0.25, 0.3) is 0 Å². The third-order valence-corrected chi connectivity index (χ3v) is 4.21. The Morgan fingerprint density at radius 3 is 2.67 bits per heavy atom. The zero-order valence-electron chi connectivity index (χ0n) is 12.4. The molecule has 2 aromatic carbocycles. The molecule has 108 valence electrons. The van der Waals surface area contributed by atoms with Crippen LogP contribution in [0.15, 0.2) is 48.5 Å². The van der Waals surface area contributed by atoms with E-state index in [0.29, 0.717) is 6.42 Å². The lowest BCUT2D eigenvalue weighted by molar-refractivity contribution is -0.121. The molecule has 0 heterocycles. The highest BCUT2D eigenvalue weighted by molar-refractivity contribution is 5.79. The summed E-state index contributed by atoms with van der Waals surface area (Å²) in [7, 11) is 0. The van der Waals surface area contributed by atoms with Gasteiger partial charge in [0.25, 0.3) is 0 Å². The lowest BCUT2D eigenvalue weighted by Crippen LogP contribution is -2.28. The number of rotatable bonds is 4. The Kier molecular flexibility index (Phi) is 4.05. The lowest BCUT2D eigenvalue weighted by Gasteiger charge is -2.15. The van der Waals surface area contributed by atoms with Gasteiger partial charge in [-0.3, -0.25) is 4.79 Å². The van der Waals surface area contributed by atoms with Crippen LogP contribution in [0, 0.1) is 0 Å². The van der Waals surface area contributed by atoms with E-state index in [0.717, 1.165) is 5.56 Å². The molecular formula is C19H21NO. The van der Waals surface area contributed by atoms with Gasteiger partial charge in [0, 0.05) is 0 Å². The minimum absolute atomic E-state index is 0.0621. The molecule has 0 unspecified atom stereocenters. The van der Waals surface area contributed by atoms with Gasteiger partial charge in [-0.2, -0.15) is 0 Å². The van der Waals surface area contributed by atoms with Crippen molar-refractivity contribution in [1.82, 2.24) is 5.32 Å². The Balaban J connectivity index is 1.63. The van der Waals surface area contributed by atoms with Crippen molar-refractivity contribution in [2.75, 3.05) is 0 Å². The predicted octanol–water partition coefficient (Wildman–Crippen LogP) is 3.60. The summed E-state index contributed by atoms with van der Waals surface area (Å²) in [5.74, 6) is 0.0780. The number of hydrogen-bond donors (Lipinski definition) is 1. The SMILES string of the molecule is C[C@H](NC(=O)Cc1ccccc1)c1ccc2c(c1)CCC2. The first-order chi connectivity index (χ1) is 10.2. The molecule has 0 aliphatic heterocycles. The third-order valence-electron chi connectivity index (χ3n) is 4.21. The quantitative estimate of drug-likeness (QED) is 0.910. The molecular weight excluding hydrogens is 258 g/mol. The van der Waals surface area contributed by atoms with Crippen molar-refractivity contribution in [3.05, 3.63) is 70.8 Å². The maximum Gasteiger partial charge on any atom is 0.224 e. The minimum atomic E-state index is 0.0621. The van der Waals surface area contributed by atoms with Gasteiger partial charge in [0.1, 0.15) is 0 Å². The number of benzene rings is 2. The molecule has 0 saturated carbocycles. The van der Waals surface area contributed by atoms with E-state index >= 15 is 0 Å². The van der Waals surface area contributed by atoms with Crippen LogP contribution in [0.2, 0.25) is 0 Å². The van der Waals surface area contributed by atoms with Gasteiger partial charge >= 0.3 is 0 Å². The number of nitrogens with one attached hydrogen (secondary N) is 1. The molecule has 0 bridgehead atoms. The molecule has 1 aliphatic carbocycles. The second-order valence-corrected chi connectivity index (χ2v) is 5.83. The minimum Gasteiger partial charge on any atom is -0.349 e. The van der Waals surface area contributed by atoms with Gasteiger partial charge in [-0.1, -0.05) is 48.5 Å². The summed E-state index contributed by atoms with van der Waals surface area (Å²) in [6.45, 7) is 2.06. The van der Waals surface area contributed by atoms with E-state index < -0.39 is 0 Å². The number of hydrogen-bond acceptors (Lipinski definition) is 1. The molecule has 0 aromatic heterocycles. The monoisotopic (exact) mass is 279 g/mol. The van der Waals surface area contributed by atoms with Crippen molar-refractivity contribution in [2.45, 2.75) is 38.6 Å². The van der Waals surface area contributed by atoms with Gasteiger partial charge in [0.05, 0.1) is 12.5 Å². The van der Waals surface area contributed by atoms with Crippen molar-refractivity contribution in [1.29, 1.82) is 0 Å². The second kappa shape index (κ2) is 6.13. The topological polar surface area (TPSA) is 29.1 Å². The molecule has 0 fully saturated rings. The molecule has 0 saturated heterocycles. The summed E-state index contributed by atoms with van der Waals surface area (Å²) in [5.41, 5.74) is 5.19. The van der Waals surface area contributed by atoms with Crippen molar-refractivity contribution in [3.63, 3.8) is 0 Å². The number of amides is 1. The molecule has 3 rings (SSSR count). The number of fused-ring (bicyclic) bond motifs is 1. The maximum atomic E-state index is 12.1. The zero-order valence-corrected chi connectivity index (χ0v) is 12.4. The van der Waals surface area contributed by atoms with Gasteiger partial charge in [0.2, 0.25) is 5.91 Å². The standard InChI is InChI=1S/C19H21NO/c1-14(17-11-10-16-8-5-9-18(16)13-17)20-19(21)12-15-6-3-2-4-7-15/h2-4,6-7,10-11,13-14H,5,8-9,12H2,1H3,(H,20,21)/t14-/m0/s1. The summed E-state index contributed by atoms with van der Waals surface area (Å²) in [5, 5.41) is 3.10. The summed E-state index contributed by atoms with van der Waals surface area (Å²) in [6, 6.07) is 16.6. The molecule has 1 atom stereocenters. The number of carbonyl (C=O) groups is 1. The normalized spacial score (nSPS) is 14.5. The highest BCUT2D eigenvalue weighted by atomic mass is 16.1. The molecule has 1 N–H and O–H groups in total. The molecule has 1 aliphatic rings. The largest absolute Gasteiger partial charge is 0.349 e. The first kappa shape index (κ1) is 13.9. The molecule has 1 amide bonds. The van der Waals surface area contributed by atoms with Crippen LogP contribution in [0.5, 0.6) is 0 Å². The summed E-state index contributed by atoms with van der Waals surface area (Å²) < 4.78 is 0. The first-order valence-electron chi connectivity index (χ1n) is 7.67. The van der Waals surface area contributed by atoms with E-state index in [2.05, 4.69) is 30.4 Å². The van der Waals surface area contributed by atoms with E-state index in [1.54, 1.807) is 0 Å². The lowest BCUT2D eigenvalue weighted by atomic mass is 10.0. The van der Waals surface area contributed by atoms with E-state index in [9.17, 15) is 4.79 Å². The van der Waals surface area contributed by atoms with Crippen molar-refractivity contribution < 1.29 is 4.79 Å². The van der Waals surface area contributed by atoms with E-state index in [-0.39, 0.29) is 11.9 Å². The Bertz CT molecular complexity index is 633. The molecule has 2 heteroatoms. The van der Waals surface area contributed by atoms with Crippen LogP contribution in [0.1, 0.15) is 41.6 Å². The Morgan fingerprint density at radius 1 is 1.10 bits per heavy atom. The van der Waals surface area contributed by atoms with Crippen LogP contribution in [-0.2, 0) is 24.1 Å². The fraction of sp³-hybridized carbons (Fsp3) is 0.316. The fourth-order valence-corrected chi connectivity index (χ4v) is 3.02. The van der Waals surface area contributed by atoms with Crippen LogP contribution >= 0.6 is 0 Å². The van der Waals surface area contributed by atoms with E-state index in [1.807, 2.05) is 30.3 Å². The number of carbonyl (C=O) groups excluding carboxylic acids is 1. The van der Waals surface area contributed by atoms with E-state index in [1.165, 1.54) is 36.0 Å². The van der Waals surface area contributed by atoms with Crippen molar-refractivity contribution in [2.24, 2.45) is 0 Å². The Hall–Kier alpha value is -2.09. The predicted molar refractivity (Wildman–Crippen MR) is 85.2 cm³/mol. The van der Waals surface area contributed by atoms with Crippen LogP contribution < -0.4 is 5.32 Å². The maximum absolute atomic E-state index is 12.1. The van der Waals surface area contributed by atoms with Gasteiger partial charge in [0.15, 0.2) is 0 Å². The molecule has 2 nitrogen and oxygen atoms in total. The molecule has 2 aromatic rings. The summed E-state index contributed by atoms with van der Waals surface area (Å²) >= 11 is 0. The van der Waals surface area contributed by atoms with Crippen LogP contribution in [0.3, 0.4) is 0 Å². The highest BCUT2D eigenvalue weighted by Gasteiger charge is 2.15. The van der Waals surface area contributed by atoms with Gasteiger partial charge < -0.3 is 5.32 Å². The van der Waals surface area contributed by atoms with Crippen LogP contribution in [-0.4, -0.2) is 5.91 Å². The second-order valence-electron chi connectivity index (χ2n) is 5.83. The average molecular weight is 279 g/mol. The highest BCUT2D eigenvalue weighted by Crippen LogP contribution is 2.25. The average Bonchev–Trinajstić information content (AvgIpc) is 2.95. The van der Waals surface area contributed by atoms with Crippen molar-refractivity contribution in [3.8, 4) is 0 Å². The number of aryl methyl sites for hydroxylation is 2. The molecule has 0 spiro atoms. The molecule has 0 radical (unpaired) electrons. The van der Waals surface area contributed by atoms with E-state index in [4.69, 9.17) is 0 Å². The summed E-state index contributed by atoms with van der Waals surface area (Å²) in [4.78, 5) is 12.1. The van der Waals surface area contributed by atoms with Gasteiger partial charge in [-0.05, 0) is 48.4 Å². The van der Waals surface area contributed by atoms with Gasteiger partial charge in [-0.25, -0.2) is 0 Å². The Labute approximate surface area is 126 Å². The van der Waals surface area contributed by atoms with Gasteiger partial charge in [-0.15, -0.1) is 0 Å². The summed E-state index contributed by atoms with van der Waals surface area (Å²) in [6.07, 6.45) is 4.07. The fourth-order valence-electron chi connectivity index (χ4n) is 3.02. The zero-order chi connectivity index (χ0) is 14.7. The third kappa shape index (κ3) is 3.33. The Morgan fingerprint density at radius 2 is 1.86 bits per heavy atom. The van der Waals surface area contributed by atoms with Crippen molar-refractivity contribution >= 4 is 5.91 Å². The first-order valence-corrected chi connectivity index (χ1v) is 7.67. The van der Waals surface area contributed by atoms with Crippen LogP contribution in [0.4, 0.5) is 0 Å².